The lowest BCUT2D eigenvalue weighted by Gasteiger charge is -2.26. The number of benzene rings is 2. The summed E-state index contributed by atoms with van der Waals surface area (Å²) in [6, 6.07) is 11.3. The van der Waals surface area contributed by atoms with Gasteiger partial charge < -0.3 is 14.3 Å². The van der Waals surface area contributed by atoms with Crippen molar-refractivity contribution in [1.82, 2.24) is 14.9 Å². The van der Waals surface area contributed by atoms with Crippen molar-refractivity contribution in [2.45, 2.75) is 59.5 Å². The molecule has 1 amide bonds. The molecule has 4 rings (SSSR count). The smallest absolute Gasteiger partial charge is 0.258 e. The van der Waals surface area contributed by atoms with Gasteiger partial charge in [0.05, 0.1) is 30.1 Å². The van der Waals surface area contributed by atoms with Crippen molar-refractivity contribution in [3.05, 3.63) is 75.5 Å². The molecule has 1 N–H and O–H groups in total. The Bertz CT molecular complexity index is 1350. The molecular formula is C26H29N3O3. The molecule has 0 unspecified atom stereocenters. The number of aryl methyl sites for hydroxylation is 1. The number of furan rings is 1. The van der Waals surface area contributed by atoms with Crippen molar-refractivity contribution in [3.63, 3.8) is 0 Å². The summed E-state index contributed by atoms with van der Waals surface area (Å²) < 4.78 is 5.76. The highest BCUT2D eigenvalue weighted by molar-refractivity contribution is 5.88. The molecule has 2 aromatic heterocycles. The number of H-pyrrole nitrogens is 1. The molecule has 0 aliphatic heterocycles. The molecule has 0 radical (unpaired) electrons. The van der Waals surface area contributed by atoms with Crippen LogP contribution in [0.15, 0.2) is 51.9 Å². The maximum atomic E-state index is 13.3. The van der Waals surface area contributed by atoms with E-state index in [4.69, 9.17) is 4.42 Å². The Kier molecular flexibility index (Phi) is 5.87. The van der Waals surface area contributed by atoms with Crippen LogP contribution in [0.1, 0.15) is 56.1 Å². The van der Waals surface area contributed by atoms with Gasteiger partial charge in [0, 0.05) is 17.0 Å². The number of fused-ring (bicyclic) bond motifs is 2. The van der Waals surface area contributed by atoms with Gasteiger partial charge in [-0.15, -0.1) is 0 Å². The zero-order valence-electron chi connectivity index (χ0n) is 19.2. The van der Waals surface area contributed by atoms with E-state index in [2.05, 4.69) is 36.8 Å². The predicted octanol–water partition coefficient (Wildman–Crippen LogP) is 5.08. The minimum atomic E-state index is -0.195. The van der Waals surface area contributed by atoms with E-state index in [0.29, 0.717) is 22.6 Å². The molecule has 6 nitrogen and oxygen atoms in total. The number of aromatic amines is 1. The van der Waals surface area contributed by atoms with E-state index in [1.807, 2.05) is 38.1 Å². The summed E-state index contributed by atoms with van der Waals surface area (Å²) in [5.74, 6) is 0.830. The van der Waals surface area contributed by atoms with Crippen molar-refractivity contribution in [2.75, 3.05) is 0 Å². The van der Waals surface area contributed by atoms with Crippen molar-refractivity contribution >= 4 is 27.8 Å². The Balaban J connectivity index is 1.62. The van der Waals surface area contributed by atoms with Crippen molar-refractivity contribution < 1.29 is 9.21 Å². The van der Waals surface area contributed by atoms with Crippen LogP contribution in [-0.4, -0.2) is 26.8 Å². The molecule has 0 aliphatic rings. The van der Waals surface area contributed by atoms with Crippen LogP contribution in [0.25, 0.3) is 21.9 Å². The first-order chi connectivity index (χ1) is 15.2. The number of nitrogens with one attached hydrogen (secondary N) is 1. The van der Waals surface area contributed by atoms with E-state index in [0.717, 1.165) is 16.5 Å². The van der Waals surface area contributed by atoms with Crippen LogP contribution in [0.5, 0.6) is 0 Å². The SMILES string of the molecule is Cc1cc2occ(CC(=O)N(Cc3nc4ccccc4c(=O)[nH]3)C(C)C)c2cc1C(C)C. The highest BCUT2D eigenvalue weighted by Crippen LogP contribution is 2.29. The quantitative estimate of drug-likeness (QED) is 0.462. The first-order valence-electron chi connectivity index (χ1n) is 11.0. The zero-order chi connectivity index (χ0) is 23.0. The molecule has 0 bridgehead atoms. The predicted molar refractivity (Wildman–Crippen MR) is 127 cm³/mol. The van der Waals surface area contributed by atoms with Crippen LogP contribution in [0, 0.1) is 6.92 Å². The number of aromatic nitrogens is 2. The van der Waals surface area contributed by atoms with Gasteiger partial charge in [-0.3, -0.25) is 9.59 Å². The molecule has 166 valence electrons. The van der Waals surface area contributed by atoms with Gasteiger partial charge in [0.25, 0.3) is 5.56 Å². The zero-order valence-corrected chi connectivity index (χ0v) is 19.2. The lowest BCUT2D eigenvalue weighted by molar-refractivity contribution is -0.132. The molecule has 0 spiro atoms. The van der Waals surface area contributed by atoms with E-state index in [1.54, 1.807) is 17.2 Å². The Hall–Kier alpha value is -3.41. The monoisotopic (exact) mass is 431 g/mol. The van der Waals surface area contributed by atoms with Crippen LogP contribution < -0.4 is 5.56 Å². The second-order valence-corrected chi connectivity index (χ2v) is 8.94. The van der Waals surface area contributed by atoms with Gasteiger partial charge in [0.2, 0.25) is 5.91 Å². The number of nitrogens with zero attached hydrogens (tertiary/aromatic N) is 2. The highest BCUT2D eigenvalue weighted by Gasteiger charge is 2.21. The first kappa shape index (κ1) is 21.8. The van der Waals surface area contributed by atoms with Crippen molar-refractivity contribution in [1.29, 1.82) is 0 Å². The summed E-state index contributed by atoms with van der Waals surface area (Å²) in [4.78, 5) is 34.9. The van der Waals surface area contributed by atoms with E-state index in [9.17, 15) is 9.59 Å². The molecule has 4 aromatic rings. The Labute approximate surface area is 187 Å². The summed E-state index contributed by atoms with van der Waals surface area (Å²) in [5.41, 5.74) is 4.55. The van der Waals surface area contributed by atoms with Crippen molar-refractivity contribution in [2.24, 2.45) is 0 Å². The van der Waals surface area contributed by atoms with Crippen LogP contribution in [0.4, 0.5) is 0 Å². The van der Waals surface area contributed by atoms with Gasteiger partial charge in [0.1, 0.15) is 11.4 Å². The van der Waals surface area contributed by atoms with Gasteiger partial charge >= 0.3 is 0 Å². The Morgan fingerprint density at radius 3 is 2.59 bits per heavy atom. The highest BCUT2D eigenvalue weighted by atomic mass is 16.3. The van der Waals surface area contributed by atoms with Gasteiger partial charge in [-0.2, -0.15) is 0 Å². The molecule has 0 saturated heterocycles. The fourth-order valence-electron chi connectivity index (χ4n) is 4.20. The molecule has 0 aliphatic carbocycles. The van der Waals surface area contributed by atoms with Crippen LogP contribution in [0.3, 0.4) is 0 Å². The van der Waals surface area contributed by atoms with E-state index >= 15 is 0 Å². The second-order valence-electron chi connectivity index (χ2n) is 8.94. The number of para-hydroxylation sites is 1. The van der Waals surface area contributed by atoms with E-state index in [-0.39, 0.29) is 30.5 Å². The summed E-state index contributed by atoms with van der Waals surface area (Å²) in [6.07, 6.45) is 1.91. The Morgan fingerprint density at radius 1 is 1.12 bits per heavy atom. The van der Waals surface area contributed by atoms with Crippen molar-refractivity contribution in [3.8, 4) is 0 Å². The summed E-state index contributed by atoms with van der Waals surface area (Å²) in [7, 11) is 0. The third-order valence-corrected chi connectivity index (χ3v) is 5.93. The molecule has 2 heterocycles. The summed E-state index contributed by atoms with van der Waals surface area (Å²) in [5, 5.41) is 1.52. The van der Waals surface area contributed by atoms with E-state index < -0.39 is 0 Å². The summed E-state index contributed by atoms with van der Waals surface area (Å²) in [6.45, 7) is 10.6. The molecule has 2 aromatic carbocycles. The lowest BCUT2D eigenvalue weighted by atomic mass is 9.95. The largest absolute Gasteiger partial charge is 0.464 e. The van der Waals surface area contributed by atoms with Crippen LogP contribution >= 0.6 is 0 Å². The van der Waals surface area contributed by atoms with Gasteiger partial charge in [-0.25, -0.2) is 4.98 Å². The van der Waals surface area contributed by atoms with Gasteiger partial charge in [-0.1, -0.05) is 26.0 Å². The third-order valence-electron chi connectivity index (χ3n) is 5.93. The standard InChI is InChI=1S/C26H29N3O3/c1-15(2)20-12-21-18(14-32-23(21)10-17(20)5)11-25(30)29(16(3)4)13-24-27-22-9-7-6-8-19(22)26(31)28-24/h6-10,12,14-16H,11,13H2,1-5H3,(H,27,28,31). The topological polar surface area (TPSA) is 79.2 Å². The molecule has 32 heavy (non-hydrogen) atoms. The minimum absolute atomic E-state index is 0.0369. The number of hydrogen-bond donors (Lipinski definition) is 1. The fraction of sp³-hybridized carbons (Fsp3) is 0.346. The second kappa shape index (κ2) is 8.61. The summed E-state index contributed by atoms with van der Waals surface area (Å²) >= 11 is 0. The number of amides is 1. The van der Waals surface area contributed by atoms with E-state index in [1.165, 1.54) is 11.1 Å². The minimum Gasteiger partial charge on any atom is -0.464 e. The van der Waals surface area contributed by atoms with Crippen LogP contribution in [0.2, 0.25) is 0 Å². The molecular weight excluding hydrogens is 402 g/mol. The van der Waals surface area contributed by atoms with Gasteiger partial charge in [0.15, 0.2) is 0 Å². The third kappa shape index (κ3) is 4.17. The van der Waals surface area contributed by atoms with Gasteiger partial charge in [-0.05, 0) is 62.1 Å². The average molecular weight is 432 g/mol. The fourth-order valence-corrected chi connectivity index (χ4v) is 4.20. The van der Waals surface area contributed by atoms with Crippen LogP contribution in [-0.2, 0) is 17.8 Å². The first-order valence-corrected chi connectivity index (χ1v) is 11.0. The maximum Gasteiger partial charge on any atom is 0.258 e. The average Bonchev–Trinajstić information content (AvgIpc) is 3.12. The maximum absolute atomic E-state index is 13.3. The number of rotatable bonds is 6. The lowest BCUT2D eigenvalue weighted by Crippen LogP contribution is -2.38. The molecule has 0 fully saturated rings. The normalized spacial score (nSPS) is 11.7. The Morgan fingerprint density at radius 2 is 1.88 bits per heavy atom. The molecule has 0 atom stereocenters. The number of carbonyl (C=O) groups is 1. The number of hydrogen-bond acceptors (Lipinski definition) is 4. The molecule has 6 heteroatoms. The number of carbonyl (C=O) groups excluding carboxylic acids is 1. The molecule has 0 saturated carbocycles.